The molecule has 9 heteroatoms. The summed E-state index contributed by atoms with van der Waals surface area (Å²) < 4.78 is 7.18. The number of pyridine rings is 1. The van der Waals surface area contributed by atoms with Crippen LogP contribution in [0.1, 0.15) is 34.6 Å². The average molecular weight is 454 g/mol. The van der Waals surface area contributed by atoms with Gasteiger partial charge in [0.05, 0.1) is 26.0 Å². The van der Waals surface area contributed by atoms with Crippen molar-refractivity contribution >= 4 is 33.7 Å². The molecule has 0 aliphatic carbocycles. The van der Waals surface area contributed by atoms with Gasteiger partial charge in [-0.25, -0.2) is 24.7 Å². The topological polar surface area (TPSA) is 115 Å². The molecule has 3 aromatic heterocycles. The van der Waals surface area contributed by atoms with E-state index in [1.165, 1.54) is 12.5 Å². The van der Waals surface area contributed by atoms with E-state index >= 15 is 0 Å². The number of aromatic carboxylic acids is 1. The molecule has 0 amide bonds. The Hall–Kier alpha value is -4.53. The molecule has 1 atom stereocenters. The monoisotopic (exact) mass is 454 g/mol. The zero-order valence-electron chi connectivity index (χ0n) is 18.6. The van der Waals surface area contributed by atoms with Crippen LogP contribution in [0.3, 0.4) is 0 Å². The van der Waals surface area contributed by atoms with Gasteiger partial charge < -0.3 is 19.7 Å². The van der Waals surface area contributed by atoms with E-state index in [2.05, 4.69) is 25.3 Å². The minimum atomic E-state index is -1.06. The Morgan fingerprint density at radius 2 is 1.91 bits per heavy atom. The van der Waals surface area contributed by atoms with Crippen molar-refractivity contribution < 1.29 is 14.6 Å². The van der Waals surface area contributed by atoms with Gasteiger partial charge in [0.15, 0.2) is 17.2 Å². The fraction of sp³-hybridized carbons (Fsp3) is 0.160. The van der Waals surface area contributed by atoms with Gasteiger partial charge in [-0.3, -0.25) is 0 Å². The van der Waals surface area contributed by atoms with Gasteiger partial charge in [0.1, 0.15) is 17.6 Å². The van der Waals surface area contributed by atoms with Crippen molar-refractivity contribution in [1.29, 1.82) is 0 Å². The van der Waals surface area contributed by atoms with Gasteiger partial charge >= 0.3 is 5.97 Å². The van der Waals surface area contributed by atoms with Gasteiger partial charge in [0.25, 0.3) is 0 Å². The Bertz CT molecular complexity index is 1490. The second-order valence-electron chi connectivity index (χ2n) is 7.89. The van der Waals surface area contributed by atoms with E-state index in [-0.39, 0.29) is 11.7 Å². The largest absolute Gasteiger partial charge is 0.497 e. The molecule has 0 fully saturated rings. The Morgan fingerprint density at radius 3 is 2.68 bits per heavy atom. The maximum atomic E-state index is 11.8. The molecule has 0 saturated carbocycles. The van der Waals surface area contributed by atoms with E-state index < -0.39 is 5.97 Å². The summed E-state index contributed by atoms with van der Waals surface area (Å²) >= 11 is 0. The van der Waals surface area contributed by atoms with Crippen LogP contribution in [0, 0.1) is 0 Å². The smallest absolute Gasteiger partial charge is 0.355 e. The number of benzene rings is 2. The highest BCUT2D eigenvalue weighted by atomic mass is 16.5. The minimum Gasteiger partial charge on any atom is -0.497 e. The highest BCUT2D eigenvalue weighted by molar-refractivity contribution is 6.03. The summed E-state index contributed by atoms with van der Waals surface area (Å²) in [6.45, 7) is 2.55. The summed E-state index contributed by atoms with van der Waals surface area (Å²) in [4.78, 5) is 29.3. The van der Waals surface area contributed by atoms with Crippen LogP contribution in [-0.4, -0.2) is 42.7 Å². The fourth-order valence-corrected chi connectivity index (χ4v) is 4.09. The highest BCUT2D eigenvalue weighted by Gasteiger charge is 2.19. The van der Waals surface area contributed by atoms with Crippen LogP contribution in [-0.2, 0) is 6.54 Å². The number of aromatic nitrogens is 5. The zero-order valence-corrected chi connectivity index (χ0v) is 18.6. The van der Waals surface area contributed by atoms with Gasteiger partial charge in [0.2, 0.25) is 0 Å². The molecule has 9 nitrogen and oxygen atoms in total. The molecule has 0 bridgehead atoms. The number of carbonyl (C=O) groups is 1. The van der Waals surface area contributed by atoms with E-state index in [4.69, 9.17) is 4.74 Å². The lowest BCUT2D eigenvalue weighted by molar-refractivity contribution is 0.0693. The molecular formula is C25H22N6O3. The van der Waals surface area contributed by atoms with E-state index in [1.54, 1.807) is 13.4 Å². The summed E-state index contributed by atoms with van der Waals surface area (Å²) in [5.74, 6) is 0.312. The first kappa shape index (κ1) is 21.3. The molecule has 0 spiro atoms. The number of hydrogen-bond acceptors (Lipinski definition) is 7. The molecule has 0 aliphatic heterocycles. The summed E-state index contributed by atoms with van der Waals surface area (Å²) in [7, 11) is 1.64. The third-order valence-electron chi connectivity index (χ3n) is 5.76. The van der Waals surface area contributed by atoms with Crippen molar-refractivity contribution in [1.82, 2.24) is 24.5 Å². The van der Waals surface area contributed by atoms with Crippen LogP contribution in [0.5, 0.6) is 5.75 Å². The molecule has 5 rings (SSSR count). The molecule has 34 heavy (non-hydrogen) atoms. The molecular weight excluding hydrogens is 432 g/mol. The van der Waals surface area contributed by atoms with Crippen molar-refractivity contribution in [2.24, 2.45) is 0 Å². The SMILES string of the molecule is COc1ccc(Cn2cnc3c(N[C@@H](C)c4cccc5ccnc(C(=O)O)c45)ncnc32)cc1. The Labute approximate surface area is 195 Å². The summed E-state index contributed by atoms with van der Waals surface area (Å²) in [5, 5.41) is 14.5. The van der Waals surface area contributed by atoms with Gasteiger partial charge in [-0.2, -0.15) is 0 Å². The maximum Gasteiger partial charge on any atom is 0.355 e. The number of nitrogens with zero attached hydrogens (tertiary/aromatic N) is 5. The standard InChI is InChI=1S/C25H22N6O3/c1-15(19-5-3-4-17-10-11-26-21(20(17)19)25(32)33)30-23-22-24(28-13-27-23)31(14-29-22)12-16-6-8-18(34-2)9-7-16/h3-11,13-15H,12H2,1-2H3,(H,32,33)(H,27,28,30)/t15-/m0/s1. The number of fused-ring (bicyclic) bond motifs is 2. The number of ether oxygens (including phenoxy) is 1. The van der Waals surface area contributed by atoms with E-state index in [0.717, 1.165) is 22.3 Å². The van der Waals surface area contributed by atoms with Crippen LogP contribution in [0.15, 0.2) is 67.4 Å². The number of carboxylic acids is 1. The number of anilines is 1. The van der Waals surface area contributed by atoms with Crippen LogP contribution >= 0.6 is 0 Å². The molecule has 0 saturated heterocycles. The second-order valence-corrected chi connectivity index (χ2v) is 7.89. The van der Waals surface area contributed by atoms with E-state index in [1.807, 2.05) is 60.0 Å². The number of hydrogen-bond donors (Lipinski definition) is 2. The first-order valence-corrected chi connectivity index (χ1v) is 10.7. The first-order valence-electron chi connectivity index (χ1n) is 10.7. The van der Waals surface area contributed by atoms with Crippen LogP contribution < -0.4 is 10.1 Å². The number of carboxylic acid groups (broad SMARTS) is 1. The first-order chi connectivity index (χ1) is 16.5. The third kappa shape index (κ3) is 3.88. The Kier molecular flexibility index (Phi) is 5.51. The fourth-order valence-electron chi connectivity index (χ4n) is 4.09. The van der Waals surface area contributed by atoms with Crippen molar-refractivity contribution in [3.8, 4) is 5.75 Å². The lowest BCUT2D eigenvalue weighted by Gasteiger charge is -2.18. The van der Waals surface area contributed by atoms with Gasteiger partial charge in [-0.15, -0.1) is 0 Å². The number of rotatable bonds is 7. The van der Waals surface area contributed by atoms with Crippen LogP contribution in [0.4, 0.5) is 5.82 Å². The number of nitrogens with one attached hydrogen (secondary N) is 1. The molecule has 170 valence electrons. The van der Waals surface area contributed by atoms with Gasteiger partial charge in [-0.05, 0) is 41.6 Å². The molecule has 2 aromatic carbocycles. The highest BCUT2D eigenvalue weighted by Crippen LogP contribution is 2.30. The predicted molar refractivity (Wildman–Crippen MR) is 128 cm³/mol. The van der Waals surface area contributed by atoms with Gasteiger partial charge in [-0.1, -0.05) is 30.3 Å². The summed E-state index contributed by atoms with van der Waals surface area (Å²) in [6, 6.07) is 15.1. The van der Waals surface area contributed by atoms with Crippen LogP contribution in [0.2, 0.25) is 0 Å². The Morgan fingerprint density at radius 1 is 1.09 bits per heavy atom. The zero-order chi connectivity index (χ0) is 23.7. The number of imidazole rings is 1. The van der Waals surface area contributed by atoms with E-state index in [9.17, 15) is 9.90 Å². The van der Waals surface area contributed by atoms with Crippen molar-refractivity contribution in [2.75, 3.05) is 12.4 Å². The Balaban J connectivity index is 1.47. The molecule has 0 radical (unpaired) electrons. The normalized spacial score (nSPS) is 12.1. The summed E-state index contributed by atoms with van der Waals surface area (Å²) in [6.07, 6.45) is 4.75. The average Bonchev–Trinajstić information content (AvgIpc) is 3.27. The van der Waals surface area contributed by atoms with Crippen LogP contribution in [0.25, 0.3) is 21.9 Å². The minimum absolute atomic E-state index is 0.0263. The molecule has 0 unspecified atom stereocenters. The second kappa shape index (κ2) is 8.78. The molecule has 2 N–H and O–H groups in total. The van der Waals surface area contributed by atoms with Crippen molar-refractivity contribution in [2.45, 2.75) is 19.5 Å². The number of methoxy groups -OCH3 is 1. The van der Waals surface area contributed by atoms with Gasteiger partial charge in [0, 0.05) is 11.6 Å². The third-order valence-corrected chi connectivity index (χ3v) is 5.76. The molecule has 0 aliphatic rings. The van der Waals surface area contributed by atoms with Crippen molar-refractivity contribution in [3.63, 3.8) is 0 Å². The van der Waals surface area contributed by atoms with Crippen molar-refractivity contribution in [3.05, 3.63) is 84.2 Å². The quantitative estimate of drug-likeness (QED) is 0.374. The maximum absolute atomic E-state index is 11.8. The summed E-state index contributed by atoms with van der Waals surface area (Å²) in [5.41, 5.74) is 3.27. The lowest BCUT2D eigenvalue weighted by atomic mass is 9.98. The molecule has 5 aromatic rings. The predicted octanol–water partition coefficient (Wildman–Crippen LogP) is 4.30. The van der Waals surface area contributed by atoms with E-state index in [0.29, 0.717) is 28.9 Å². The lowest BCUT2D eigenvalue weighted by Crippen LogP contribution is -2.11. The molecule has 3 heterocycles.